The Morgan fingerprint density at radius 3 is 2.91 bits per heavy atom. The van der Waals surface area contributed by atoms with Crippen molar-refractivity contribution in [1.29, 1.82) is 0 Å². The van der Waals surface area contributed by atoms with Crippen LogP contribution in [0.15, 0.2) is 18.2 Å². The molecule has 22 heavy (non-hydrogen) atoms. The van der Waals surface area contributed by atoms with E-state index in [4.69, 9.17) is 0 Å². The normalized spacial score (nSPS) is 24.3. The van der Waals surface area contributed by atoms with Gasteiger partial charge in [-0.2, -0.15) is 0 Å². The Hall–Kier alpha value is -1.88. The molecular formula is C17H22N2O3. The summed E-state index contributed by atoms with van der Waals surface area (Å²) in [5, 5.41) is 15.3. The molecule has 1 saturated carbocycles. The standard InChI is InChI=1S/C17H22N2O3/c20-10-13-3-1-2-4-14(13)19-17(22)12-5-7-15-11(9-12)6-8-16(21)18-15/h5,7,9,13-14,20H,1-4,6,8,10H2,(H,18,21)(H,19,22). The quantitative estimate of drug-likeness (QED) is 0.797. The van der Waals surface area contributed by atoms with E-state index in [1.807, 2.05) is 6.07 Å². The van der Waals surface area contributed by atoms with E-state index >= 15 is 0 Å². The number of aliphatic hydroxyl groups is 1. The first-order valence-corrected chi connectivity index (χ1v) is 8.02. The Kier molecular flexibility index (Phi) is 4.43. The summed E-state index contributed by atoms with van der Waals surface area (Å²) >= 11 is 0. The maximum Gasteiger partial charge on any atom is 0.251 e. The second-order valence-corrected chi connectivity index (χ2v) is 6.23. The molecule has 0 spiro atoms. The van der Waals surface area contributed by atoms with Gasteiger partial charge >= 0.3 is 0 Å². The molecule has 1 aromatic rings. The van der Waals surface area contributed by atoms with Crippen molar-refractivity contribution in [2.75, 3.05) is 11.9 Å². The number of anilines is 1. The predicted molar refractivity (Wildman–Crippen MR) is 83.7 cm³/mol. The number of hydrogen-bond donors (Lipinski definition) is 3. The molecule has 2 amide bonds. The van der Waals surface area contributed by atoms with Gasteiger partial charge in [-0.05, 0) is 43.0 Å². The fraction of sp³-hybridized carbons (Fsp3) is 0.529. The first-order chi connectivity index (χ1) is 10.7. The molecule has 2 unspecified atom stereocenters. The molecule has 118 valence electrons. The summed E-state index contributed by atoms with van der Waals surface area (Å²) in [5.41, 5.74) is 2.44. The van der Waals surface area contributed by atoms with Gasteiger partial charge < -0.3 is 15.7 Å². The number of hydrogen-bond acceptors (Lipinski definition) is 3. The molecule has 1 aromatic carbocycles. The highest BCUT2D eigenvalue weighted by molar-refractivity contribution is 5.98. The van der Waals surface area contributed by atoms with Crippen LogP contribution in [0.2, 0.25) is 0 Å². The minimum Gasteiger partial charge on any atom is -0.396 e. The van der Waals surface area contributed by atoms with Gasteiger partial charge in [-0.3, -0.25) is 9.59 Å². The van der Waals surface area contributed by atoms with Crippen LogP contribution in [0, 0.1) is 5.92 Å². The summed E-state index contributed by atoms with van der Waals surface area (Å²) in [4.78, 5) is 23.8. The summed E-state index contributed by atoms with van der Waals surface area (Å²) in [7, 11) is 0. The van der Waals surface area contributed by atoms with E-state index in [2.05, 4.69) is 10.6 Å². The topological polar surface area (TPSA) is 78.4 Å². The van der Waals surface area contributed by atoms with E-state index < -0.39 is 0 Å². The van der Waals surface area contributed by atoms with Crippen molar-refractivity contribution in [3.63, 3.8) is 0 Å². The molecule has 1 fully saturated rings. The molecule has 2 atom stereocenters. The van der Waals surface area contributed by atoms with E-state index in [0.717, 1.165) is 36.9 Å². The third kappa shape index (κ3) is 3.14. The third-order valence-electron chi connectivity index (χ3n) is 4.72. The summed E-state index contributed by atoms with van der Waals surface area (Å²) in [6.45, 7) is 0.126. The molecule has 1 aliphatic heterocycles. The van der Waals surface area contributed by atoms with Gasteiger partial charge in [-0.15, -0.1) is 0 Å². The van der Waals surface area contributed by atoms with Crippen molar-refractivity contribution in [3.05, 3.63) is 29.3 Å². The van der Waals surface area contributed by atoms with Gasteiger partial charge in [0.1, 0.15) is 0 Å². The molecule has 3 N–H and O–H groups in total. The number of aryl methyl sites for hydroxylation is 1. The molecule has 0 aromatic heterocycles. The van der Waals surface area contributed by atoms with Gasteiger partial charge in [0.25, 0.3) is 5.91 Å². The summed E-state index contributed by atoms with van der Waals surface area (Å²) in [6.07, 6.45) is 5.25. The number of benzene rings is 1. The van der Waals surface area contributed by atoms with Gasteiger partial charge in [0.15, 0.2) is 0 Å². The van der Waals surface area contributed by atoms with Crippen molar-refractivity contribution in [2.45, 2.75) is 44.6 Å². The Balaban J connectivity index is 1.71. The lowest BCUT2D eigenvalue weighted by atomic mass is 9.85. The number of nitrogens with one attached hydrogen (secondary N) is 2. The summed E-state index contributed by atoms with van der Waals surface area (Å²) < 4.78 is 0. The van der Waals surface area contributed by atoms with Crippen molar-refractivity contribution < 1.29 is 14.7 Å². The van der Waals surface area contributed by atoms with Gasteiger partial charge in [0.05, 0.1) is 0 Å². The van der Waals surface area contributed by atoms with Crippen LogP contribution in [-0.4, -0.2) is 29.6 Å². The van der Waals surface area contributed by atoms with Crippen LogP contribution in [0.3, 0.4) is 0 Å². The second-order valence-electron chi connectivity index (χ2n) is 6.23. The number of aliphatic hydroxyl groups excluding tert-OH is 1. The van der Waals surface area contributed by atoms with Crippen LogP contribution >= 0.6 is 0 Å². The number of carbonyl (C=O) groups excluding carboxylic acids is 2. The van der Waals surface area contributed by atoms with Gasteiger partial charge in [-0.25, -0.2) is 0 Å². The molecule has 0 saturated heterocycles. The van der Waals surface area contributed by atoms with E-state index in [0.29, 0.717) is 18.4 Å². The lowest BCUT2D eigenvalue weighted by molar-refractivity contribution is -0.116. The first-order valence-electron chi connectivity index (χ1n) is 8.02. The predicted octanol–water partition coefficient (Wildman–Crippen LogP) is 1.85. The number of fused-ring (bicyclic) bond motifs is 1. The Bertz CT molecular complexity index is 585. The lowest BCUT2D eigenvalue weighted by Gasteiger charge is -2.31. The molecular weight excluding hydrogens is 280 g/mol. The molecule has 2 aliphatic rings. The average molecular weight is 302 g/mol. The number of amides is 2. The number of carbonyl (C=O) groups is 2. The first kappa shape index (κ1) is 15.0. The fourth-order valence-corrected chi connectivity index (χ4v) is 3.39. The Morgan fingerprint density at radius 2 is 2.09 bits per heavy atom. The van der Waals surface area contributed by atoms with Crippen LogP contribution in [0.1, 0.15) is 48.0 Å². The van der Waals surface area contributed by atoms with E-state index in [-0.39, 0.29) is 30.4 Å². The Labute approximate surface area is 130 Å². The summed E-state index contributed by atoms with van der Waals surface area (Å²) in [5.74, 6) is 0.0948. The van der Waals surface area contributed by atoms with E-state index in [1.54, 1.807) is 12.1 Å². The third-order valence-corrected chi connectivity index (χ3v) is 4.72. The SMILES string of the molecule is O=C1CCc2cc(C(=O)NC3CCCCC3CO)ccc2N1. The highest BCUT2D eigenvalue weighted by Crippen LogP contribution is 2.26. The monoisotopic (exact) mass is 302 g/mol. The van der Waals surface area contributed by atoms with Crippen LogP contribution in [-0.2, 0) is 11.2 Å². The van der Waals surface area contributed by atoms with E-state index in [1.165, 1.54) is 0 Å². The van der Waals surface area contributed by atoms with Gasteiger partial charge in [0.2, 0.25) is 5.91 Å². The Morgan fingerprint density at radius 1 is 1.27 bits per heavy atom. The molecule has 5 nitrogen and oxygen atoms in total. The van der Waals surface area contributed by atoms with Crippen molar-refractivity contribution in [3.8, 4) is 0 Å². The molecule has 3 rings (SSSR count). The zero-order chi connectivity index (χ0) is 15.5. The molecule has 0 bridgehead atoms. The highest BCUT2D eigenvalue weighted by atomic mass is 16.3. The van der Waals surface area contributed by atoms with Crippen molar-refractivity contribution in [2.24, 2.45) is 5.92 Å². The average Bonchev–Trinajstić information content (AvgIpc) is 2.54. The molecule has 5 heteroatoms. The molecule has 1 aliphatic carbocycles. The van der Waals surface area contributed by atoms with Crippen LogP contribution in [0.4, 0.5) is 5.69 Å². The largest absolute Gasteiger partial charge is 0.396 e. The highest BCUT2D eigenvalue weighted by Gasteiger charge is 2.26. The van der Waals surface area contributed by atoms with Crippen LogP contribution in [0.25, 0.3) is 0 Å². The van der Waals surface area contributed by atoms with Crippen molar-refractivity contribution >= 4 is 17.5 Å². The zero-order valence-corrected chi connectivity index (χ0v) is 12.6. The number of rotatable bonds is 3. The van der Waals surface area contributed by atoms with Crippen LogP contribution in [0.5, 0.6) is 0 Å². The van der Waals surface area contributed by atoms with Crippen molar-refractivity contribution in [1.82, 2.24) is 5.32 Å². The second kappa shape index (κ2) is 6.48. The maximum absolute atomic E-state index is 12.4. The van der Waals surface area contributed by atoms with Gasteiger partial charge in [-0.1, -0.05) is 12.8 Å². The maximum atomic E-state index is 12.4. The zero-order valence-electron chi connectivity index (χ0n) is 12.6. The molecule has 1 heterocycles. The van der Waals surface area contributed by atoms with Gasteiger partial charge in [0, 0.05) is 36.2 Å². The fourth-order valence-electron chi connectivity index (χ4n) is 3.39. The van der Waals surface area contributed by atoms with E-state index in [9.17, 15) is 14.7 Å². The van der Waals surface area contributed by atoms with Crippen LogP contribution < -0.4 is 10.6 Å². The minimum absolute atomic E-state index is 0.0256. The molecule has 0 radical (unpaired) electrons. The lowest BCUT2D eigenvalue weighted by Crippen LogP contribution is -2.43. The minimum atomic E-state index is -0.0925. The summed E-state index contributed by atoms with van der Waals surface area (Å²) in [6, 6.07) is 5.46. The smallest absolute Gasteiger partial charge is 0.251 e.